The fourth-order valence-corrected chi connectivity index (χ4v) is 2.96. The van der Waals surface area contributed by atoms with Crippen LogP contribution < -0.4 is 10.9 Å². The lowest BCUT2D eigenvalue weighted by Crippen LogP contribution is -2.48. The molecule has 1 fully saturated rings. The van der Waals surface area contributed by atoms with Crippen molar-refractivity contribution in [2.45, 2.75) is 18.9 Å². The molecule has 3 N–H and O–H groups in total. The van der Waals surface area contributed by atoms with Gasteiger partial charge in [0.2, 0.25) is 0 Å². The number of aliphatic carboxylic acids is 1. The van der Waals surface area contributed by atoms with Crippen molar-refractivity contribution in [3.63, 3.8) is 0 Å². The zero-order valence-electron chi connectivity index (χ0n) is 13.0. The van der Waals surface area contributed by atoms with E-state index in [-0.39, 0.29) is 17.2 Å². The molecule has 2 heterocycles. The summed E-state index contributed by atoms with van der Waals surface area (Å²) >= 11 is 0. The van der Waals surface area contributed by atoms with Crippen molar-refractivity contribution in [3.8, 4) is 0 Å². The minimum absolute atomic E-state index is 0.0432. The van der Waals surface area contributed by atoms with Crippen LogP contribution in [0.2, 0.25) is 0 Å². The monoisotopic (exact) mass is 330 g/mol. The fraction of sp³-hybridized carbons (Fsp3) is 0.353. The second-order valence-electron chi connectivity index (χ2n) is 5.87. The molecule has 2 aromatic rings. The molecule has 126 valence electrons. The number of benzene rings is 1. The minimum Gasteiger partial charge on any atom is -0.480 e. The third kappa shape index (κ3) is 3.30. The second kappa shape index (κ2) is 6.84. The van der Waals surface area contributed by atoms with Crippen LogP contribution in [0.15, 0.2) is 35.1 Å². The van der Waals surface area contributed by atoms with E-state index in [0.29, 0.717) is 30.4 Å². The van der Waals surface area contributed by atoms with Crippen LogP contribution in [-0.4, -0.2) is 41.2 Å². The van der Waals surface area contributed by atoms with Crippen LogP contribution in [0, 0.1) is 5.92 Å². The number of rotatable bonds is 4. The van der Waals surface area contributed by atoms with Gasteiger partial charge in [-0.25, -0.2) is 4.79 Å². The van der Waals surface area contributed by atoms with Crippen LogP contribution in [0.5, 0.6) is 0 Å². The van der Waals surface area contributed by atoms with Gasteiger partial charge in [0.15, 0.2) is 0 Å². The van der Waals surface area contributed by atoms with Crippen molar-refractivity contribution in [2.75, 3.05) is 13.2 Å². The molecule has 7 heteroatoms. The number of carboxylic acids is 1. The maximum absolute atomic E-state index is 12.4. The van der Waals surface area contributed by atoms with E-state index in [2.05, 4.69) is 10.3 Å². The minimum atomic E-state index is -1.11. The van der Waals surface area contributed by atoms with Gasteiger partial charge in [-0.3, -0.25) is 9.59 Å². The first kappa shape index (κ1) is 16.2. The summed E-state index contributed by atoms with van der Waals surface area (Å²) in [5, 5.41) is 13.0. The lowest BCUT2D eigenvalue weighted by atomic mass is 9.93. The van der Waals surface area contributed by atoms with Gasteiger partial charge in [-0.1, -0.05) is 18.2 Å². The number of amides is 1. The molecule has 24 heavy (non-hydrogen) atoms. The summed E-state index contributed by atoms with van der Waals surface area (Å²) in [6, 6.07) is 7.39. The van der Waals surface area contributed by atoms with E-state index in [0.717, 1.165) is 6.42 Å². The predicted molar refractivity (Wildman–Crippen MR) is 87.0 cm³/mol. The van der Waals surface area contributed by atoms with E-state index in [9.17, 15) is 19.5 Å². The number of carbonyl (C=O) groups excluding carboxylic acids is 1. The number of nitrogens with one attached hydrogen (secondary N) is 2. The topological polar surface area (TPSA) is 108 Å². The van der Waals surface area contributed by atoms with Crippen molar-refractivity contribution in [2.24, 2.45) is 5.92 Å². The molecule has 1 aliphatic heterocycles. The molecule has 1 aliphatic rings. The van der Waals surface area contributed by atoms with Crippen LogP contribution in [0.3, 0.4) is 0 Å². The summed E-state index contributed by atoms with van der Waals surface area (Å²) in [5.74, 6) is -2.01. The first-order chi connectivity index (χ1) is 11.6. The Morgan fingerprint density at radius 1 is 1.33 bits per heavy atom. The maximum atomic E-state index is 12.4. The largest absolute Gasteiger partial charge is 0.480 e. The Morgan fingerprint density at radius 2 is 2.12 bits per heavy atom. The van der Waals surface area contributed by atoms with Gasteiger partial charge in [-0.15, -0.1) is 0 Å². The van der Waals surface area contributed by atoms with Crippen molar-refractivity contribution in [3.05, 3.63) is 46.4 Å². The number of carboxylic acid groups (broad SMARTS) is 1. The van der Waals surface area contributed by atoms with Crippen LogP contribution in [0.25, 0.3) is 10.8 Å². The molecule has 1 amide bonds. The maximum Gasteiger partial charge on any atom is 0.326 e. The van der Waals surface area contributed by atoms with Gasteiger partial charge < -0.3 is 20.1 Å². The zero-order chi connectivity index (χ0) is 17.1. The number of hydrogen-bond acceptors (Lipinski definition) is 4. The highest BCUT2D eigenvalue weighted by atomic mass is 16.5. The van der Waals surface area contributed by atoms with Crippen molar-refractivity contribution in [1.82, 2.24) is 10.3 Å². The van der Waals surface area contributed by atoms with Gasteiger partial charge >= 0.3 is 5.97 Å². The number of carbonyl (C=O) groups is 2. The molecule has 1 aromatic carbocycles. The number of hydrogen-bond donors (Lipinski definition) is 3. The summed E-state index contributed by atoms with van der Waals surface area (Å²) < 4.78 is 5.30. The molecular formula is C17H18N2O5. The van der Waals surface area contributed by atoms with Gasteiger partial charge in [-0.2, -0.15) is 0 Å². The Balaban J connectivity index is 1.85. The summed E-state index contributed by atoms with van der Waals surface area (Å²) in [4.78, 5) is 38.5. The molecule has 0 saturated carbocycles. The highest BCUT2D eigenvalue weighted by Gasteiger charge is 2.31. The summed E-state index contributed by atoms with van der Waals surface area (Å²) in [6.45, 7) is 0.903. The van der Waals surface area contributed by atoms with E-state index in [1.165, 1.54) is 0 Å². The van der Waals surface area contributed by atoms with E-state index >= 15 is 0 Å². The molecule has 3 rings (SSSR count). The van der Waals surface area contributed by atoms with E-state index in [1.807, 2.05) is 0 Å². The predicted octanol–water partition coefficient (Wildman–Crippen LogP) is 1.14. The van der Waals surface area contributed by atoms with E-state index < -0.39 is 17.9 Å². The molecule has 0 aliphatic carbocycles. The number of ether oxygens (including phenoxy) is 1. The molecule has 1 aromatic heterocycles. The molecule has 2 atom stereocenters. The van der Waals surface area contributed by atoms with E-state index in [1.54, 1.807) is 30.3 Å². The van der Waals surface area contributed by atoms with Crippen LogP contribution in [-0.2, 0) is 9.53 Å². The smallest absolute Gasteiger partial charge is 0.326 e. The Bertz CT molecular complexity index is 823. The fourth-order valence-electron chi connectivity index (χ4n) is 2.96. The third-order valence-corrected chi connectivity index (χ3v) is 4.22. The van der Waals surface area contributed by atoms with Gasteiger partial charge in [0.25, 0.3) is 11.5 Å². The Kier molecular flexibility index (Phi) is 4.61. The number of aromatic amines is 1. The molecule has 1 saturated heterocycles. The van der Waals surface area contributed by atoms with Gasteiger partial charge in [0.05, 0.1) is 6.61 Å². The summed E-state index contributed by atoms with van der Waals surface area (Å²) in [7, 11) is 0. The standard InChI is InChI=1S/C17H18N2O5/c20-15-12-6-2-1-4-10(12)8-13(18-15)16(21)19-14(17(22)23)11-5-3-7-24-9-11/h1-2,4,6,8,11,14H,3,5,7,9H2,(H,18,20)(H,19,21)(H,22,23). The SMILES string of the molecule is O=C(NC(C(=O)O)C1CCCOC1)c1cc2ccccc2c(=O)[nH]1. The summed E-state index contributed by atoms with van der Waals surface area (Å²) in [5.41, 5.74) is -0.340. The lowest BCUT2D eigenvalue weighted by molar-refractivity contribution is -0.142. The third-order valence-electron chi connectivity index (χ3n) is 4.22. The second-order valence-corrected chi connectivity index (χ2v) is 5.87. The highest BCUT2D eigenvalue weighted by molar-refractivity contribution is 5.98. The Hall–Kier alpha value is -2.67. The molecular weight excluding hydrogens is 312 g/mol. The van der Waals surface area contributed by atoms with E-state index in [4.69, 9.17) is 4.74 Å². The molecule has 0 radical (unpaired) electrons. The van der Waals surface area contributed by atoms with Crippen molar-refractivity contribution < 1.29 is 19.4 Å². The highest BCUT2D eigenvalue weighted by Crippen LogP contribution is 2.18. The van der Waals surface area contributed by atoms with Crippen molar-refractivity contribution >= 4 is 22.6 Å². The molecule has 0 spiro atoms. The van der Waals surface area contributed by atoms with Gasteiger partial charge in [0, 0.05) is 17.9 Å². The van der Waals surface area contributed by atoms with Gasteiger partial charge in [-0.05, 0) is 30.4 Å². The van der Waals surface area contributed by atoms with Crippen LogP contribution >= 0.6 is 0 Å². The number of H-pyrrole nitrogens is 1. The molecule has 2 unspecified atom stereocenters. The number of pyridine rings is 1. The zero-order valence-corrected chi connectivity index (χ0v) is 13.0. The molecule has 7 nitrogen and oxygen atoms in total. The normalized spacial score (nSPS) is 18.9. The van der Waals surface area contributed by atoms with Crippen molar-refractivity contribution in [1.29, 1.82) is 0 Å². The quantitative estimate of drug-likeness (QED) is 0.779. The van der Waals surface area contributed by atoms with Gasteiger partial charge in [0.1, 0.15) is 11.7 Å². The Labute approximate surface area is 137 Å². The van der Waals surface area contributed by atoms with Crippen LogP contribution in [0.4, 0.5) is 0 Å². The average Bonchev–Trinajstić information content (AvgIpc) is 2.60. The van der Waals surface area contributed by atoms with Crippen LogP contribution in [0.1, 0.15) is 23.3 Å². The molecule has 0 bridgehead atoms. The average molecular weight is 330 g/mol. The number of fused-ring (bicyclic) bond motifs is 1. The number of aromatic nitrogens is 1. The first-order valence-electron chi connectivity index (χ1n) is 7.80. The Morgan fingerprint density at radius 3 is 2.83 bits per heavy atom. The first-order valence-corrected chi connectivity index (χ1v) is 7.80. The summed E-state index contributed by atoms with van der Waals surface area (Å²) in [6.07, 6.45) is 1.43. The lowest BCUT2D eigenvalue weighted by Gasteiger charge is -2.28.